The second kappa shape index (κ2) is 4.41. The SMILES string of the molecule is CC(C(=O)O)c1ccc(Br)cc1I. The molecule has 0 saturated carbocycles. The highest BCUT2D eigenvalue weighted by atomic mass is 127. The van der Waals surface area contributed by atoms with Crippen LogP contribution in [0.3, 0.4) is 0 Å². The maximum absolute atomic E-state index is 10.7. The van der Waals surface area contributed by atoms with Crippen LogP contribution in [0.25, 0.3) is 0 Å². The number of carboxylic acid groups (broad SMARTS) is 1. The summed E-state index contributed by atoms with van der Waals surface area (Å²) in [6, 6.07) is 5.61. The van der Waals surface area contributed by atoms with E-state index in [0.29, 0.717) is 0 Å². The van der Waals surface area contributed by atoms with Gasteiger partial charge in [-0.05, 0) is 47.2 Å². The number of aliphatic carboxylic acids is 1. The quantitative estimate of drug-likeness (QED) is 0.828. The Morgan fingerprint density at radius 1 is 1.62 bits per heavy atom. The Balaban J connectivity index is 3.08. The first-order valence-corrected chi connectivity index (χ1v) is 5.57. The number of benzene rings is 1. The first-order chi connectivity index (χ1) is 6.02. The molecule has 1 unspecified atom stereocenters. The predicted octanol–water partition coefficient (Wildman–Crippen LogP) is 3.24. The summed E-state index contributed by atoms with van der Waals surface area (Å²) in [6.45, 7) is 1.69. The van der Waals surface area contributed by atoms with Gasteiger partial charge in [0.05, 0.1) is 5.92 Å². The zero-order valence-electron chi connectivity index (χ0n) is 6.92. The fourth-order valence-corrected chi connectivity index (χ4v) is 2.76. The number of halogens is 2. The van der Waals surface area contributed by atoms with Gasteiger partial charge in [0.1, 0.15) is 0 Å². The molecule has 0 amide bonds. The predicted molar refractivity (Wildman–Crippen MR) is 62.9 cm³/mol. The molecule has 1 aromatic carbocycles. The Labute approximate surface area is 98.6 Å². The third-order valence-corrected chi connectivity index (χ3v) is 3.23. The van der Waals surface area contributed by atoms with E-state index in [9.17, 15) is 4.79 Å². The van der Waals surface area contributed by atoms with Crippen LogP contribution in [0.1, 0.15) is 18.4 Å². The summed E-state index contributed by atoms with van der Waals surface area (Å²) in [4.78, 5) is 10.7. The molecule has 0 heterocycles. The van der Waals surface area contributed by atoms with Crippen LogP contribution in [0.15, 0.2) is 22.7 Å². The molecule has 0 aliphatic carbocycles. The molecule has 13 heavy (non-hydrogen) atoms. The molecule has 0 bridgehead atoms. The largest absolute Gasteiger partial charge is 0.481 e. The van der Waals surface area contributed by atoms with E-state index in [1.165, 1.54) is 0 Å². The van der Waals surface area contributed by atoms with Gasteiger partial charge < -0.3 is 5.11 Å². The normalized spacial score (nSPS) is 12.5. The van der Waals surface area contributed by atoms with Gasteiger partial charge in [-0.2, -0.15) is 0 Å². The molecule has 0 spiro atoms. The van der Waals surface area contributed by atoms with Gasteiger partial charge in [-0.15, -0.1) is 0 Å². The van der Waals surface area contributed by atoms with Crippen molar-refractivity contribution in [2.45, 2.75) is 12.8 Å². The molecule has 70 valence electrons. The fourth-order valence-electron chi connectivity index (χ4n) is 0.986. The highest BCUT2D eigenvalue weighted by molar-refractivity contribution is 14.1. The molecule has 0 radical (unpaired) electrons. The summed E-state index contributed by atoms with van der Waals surface area (Å²) < 4.78 is 1.94. The van der Waals surface area contributed by atoms with Gasteiger partial charge in [0.2, 0.25) is 0 Å². The monoisotopic (exact) mass is 354 g/mol. The second-order valence-electron chi connectivity index (χ2n) is 2.73. The molecule has 1 rings (SSSR count). The van der Waals surface area contributed by atoms with Gasteiger partial charge in [-0.25, -0.2) is 0 Å². The molecule has 0 aliphatic heterocycles. The summed E-state index contributed by atoms with van der Waals surface area (Å²) in [6.07, 6.45) is 0. The van der Waals surface area contributed by atoms with E-state index in [4.69, 9.17) is 5.11 Å². The van der Waals surface area contributed by atoms with Gasteiger partial charge in [0.15, 0.2) is 0 Å². The lowest BCUT2D eigenvalue weighted by Crippen LogP contribution is -2.08. The maximum Gasteiger partial charge on any atom is 0.310 e. The maximum atomic E-state index is 10.7. The minimum Gasteiger partial charge on any atom is -0.481 e. The van der Waals surface area contributed by atoms with E-state index in [2.05, 4.69) is 38.5 Å². The third-order valence-electron chi connectivity index (χ3n) is 1.80. The Bertz CT molecular complexity index is 338. The summed E-state index contributed by atoms with van der Waals surface area (Å²) in [5.41, 5.74) is 0.858. The standard InChI is InChI=1S/C9H8BrIO2/c1-5(9(12)13)7-3-2-6(10)4-8(7)11/h2-5H,1H3,(H,12,13). The van der Waals surface area contributed by atoms with Gasteiger partial charge in [0, 0.05) is 8.04 Å². The van der Waals surface area contributed by atoms with Gasteiger partial charge >= 0.3 is 5.97 Å². The van der Waals surface area contributed by atoms with E-state index in [1.54, 1.807) is 6.92 Å². The molecule has 4 heteroatoms. The molecule has 0 saturated heterocycles. The van der Waals surface area contributed by atoms with Crippen molar-refractivity contribution in [1.82, 2.24) is 0 Å². The zero-order chi connectivity index (χ0) is 10.0. The molecular formula is C9H8BrIO2. The molecule has 2 nitrogen and oxygen atoms in total. The van der Waals surface area contributed by atoms with Gasteiger partial charge in [-0.3, -0.25) is 4.79 Å². The lowest BCUT2D eigenvalue weighted by Gasteiger charge is -2.08. The van der Waals surface area contributed by atoms with E-state index >= 15 is 0 Å². The van der Waals surface area contributed by atoms with Crippen LogP contribution in [0.2, 0.25) is 0 Å². The van der Waals surface area contributed by atoms with Crippen LogP contribution < -0.4 is 0 Å². The lowest BCUT2D eigenvalue weighted by atomic mass is 10.0. The topological polar surface area (TPSA) is 37.3 Å². The Morgan fingerprint density at radius 2 is 2.23 bits per heavy atom. The van der Waals surface area contributed by atoms with Crippen molar-refractivity contribution in [3.63, 3.8) is 0 Å². The van der Waals surface area contributed by atoms with Crippen LogP contribution in [0.4, 0.5) is 0 Å². The third kappa shape index (κ3) is 2.67. The number of hydrogen-bond acceptors (Lipinski definition) is 1. The van der Waals surface area contributed by atoms with Crippen molar-refractivity contribution in [2.24, 2.45) is 0 Å². The first kappa shape index (κ1) is 11.0. The minimum absolute atomic E-state index is 0.444. The summed E-state index contributed by atoms with van der Waals surface area (Å²) in [5, 5.41) is 8.81. The molecule has 1 aromatic rings. The molecule has 0 fully saturated rings. The number of rotatable bonds is 2. The molecule has 0 aromatic heterocycles. The van der Waals surface area contributed by atoms with E-state index in [0.717, 1.165) is 13.6 Å². The summed E-state index contributed by atoms with van der Waals surface area (Å²) in [7, 11) is 0. The van der Waals surface area contributed by atoms with Crippen LogP contribution in [0.5, 0.6) is 0 Å². The number of carbonyl (C=O) groups is 1. The Morgan fingerprint density at radius 3 is 2.69 bits per heavy atom. The second-order valence-corrected chi connectivity index (χ2v) is 4.80. The average Bonchev–Trinajstić information content (AvgIpc) is 2.03. The van der Waals surface area contributed by atoms with Gasteiger partial charge in [-0.1, -0.05) is 22.0 Å². The smallest absolute Gasteiger partial charge is 0.310 e. The van der Waals surface area contributed by atoms with Gasteiger partial charge in [0.25, 0.3) is 0 Å². The average molecular weight is 355 g/mol. The Kier molecular flexibility index (Phi) is 3.73. The lowest BCUT2D eigenvalue weighted by molar-refractivity contribution is -0.138. The summed E-state index contributed by atoms with van der Waals surface area (Å²) in [5.74, 6) is -1.24. The fraction of sp³-hybridized carbons (Fsp3) is 0.222. The molecule has 1 atom stereocenters. The van der Waals surface area contributed by atoms with Crippen LogP contribution in [0, 0.1) is 3.57 Å². The van der Waals surface area contributed by atoms with E-state index in [1.807, 2.05) is 18.2 Å². The van der Waals surface area contributed by atoms with Crippen LogP contribution in [-0.4, -0.2) is 11.1 Å². The highest BCUT2D eigenvalue weighted by Crippen LogP contribution is 2.24. The number of hydrogen-bond donors (Lipinski definition) is 1. The minimum atomic E-state index is -0.791. The zero-order valence-corrected chi connectivity index (χ0v) is 10.7. The molecular weight excluding hydrogens is 347 g/mol. The van der Waals surface area contributed by atoms with Crippen molar-refractivity contribution >= 4 is 44.5 Å². The molecule has 0 aliphatic rings. The van der Waals surface area contributed by atoms with Crippen molar-refractivity contribution < 1.29 is 9.90 Å². The molecule has 1 N–H and O–H groups in total. The van der Waals surface area contributed by atoms with Crippen molar-refractivity contribution in [1.29, 1.82) is 0 Å². The summed E-state index contributed by atoms with van der Waals surface area (Å²) >= 11 is 5.47. The van der Waals surface area contributed by atoms with E-state index in [-0.39, 0.29) is 0 Å². The van der Waals surface area contributed by atoms with Crippen molar-refractivity contribution in [3.8, 4) is 0 Å². The van der Waals surface area contributed by atoms with Crippen molar-refractivity contribution in [3.05, 3.63) is 31.8 Å². The number of carboxylic acids is 1. The van der Waals surface area contributed by atoms with Crippen molar-refractivity contribution in [2.75, 3.05) is 0 Å². The Hall–Kier alpha value is -0.100. The first-order valence-electron chi connectivity index (χ1n) is 3.70. The highest BCUT2D eigenvalue weighted by Gasteiger charge is 2.16. The van der Waals surface area contributed by atoms with Crippen LogP contribution in [-0.2, 0) is 4.79 Å². The van der Waals surface area contributed by atoms with Crippen LogP contribution >= 0.6 is 38.5 Å². The van der Waals surface area contributed by atoms with E-state index < -0.39 is 11.9 Å².